The predicted molar refractivity (Wildman–Crippen MR) is 46.9 cm³/mol. The van der Waals surface area contributed by atoms with Gasteiger partial charge >= 0.3 is 0 Å². The largest absolute Gasteiger partial charge is 0.324 e. The molecule has 11 heavy (non-hydrogen) atoms. The zero-order chi connectivity index (χ0) is 8.27. The number of hydrogen-bond acceptors (Lipinski definition) is 2. The first-order chi connectivity index (χ1) is 5.24. The van der Waals surface area contributed by atoms with Crippen LogP contribution < -0.4 is 5.73 Å². The second kappa shape index (κ2) is 3.30. The predicted octanol–water partition coefficient (Wildman–Crippen LogP) is 1.74. The number of rotatable bonds is 2. The highest BCUT2D eigenvalue weighted by Gasteiger charge is 1.98. The van der Waals surface area contributed by atoms with Crippen molar-refractivity contribution in [2.24, 2.45) is 5.73 Å². The van der Waals surface area contributed by atoms with Crippen LogP contribution in [0.15, 0.2) is 24.9 Å². The molecule has 0 aliphatic heterocycles. The molecule has 1 aromatic rings. The van der Waals surface area contributed by atoms with Crippen molar-refractivity contribution in [1.82, 2.24) is 4.98 Å². The monoisotopic (exact) mass is 148 g/mol. The maximum Gasteiger partial charge on any atom is 0.0627 e. The van der Waals surface area contributed by atoms with E-state index in [1.807, 2.05) is 19.1 Å². The quantitative estimate of drug-likeness (QED) is 0.693. The normalized spacial score (nSPS) is 12.5. The van der Waals surface area contributed by atoms with Crippen LogP contribution in [0.25, 0.3) is 6.08 Å². The third kappa shape index (κ3) is 1.88. The summed E-state index contributed by atoms with van der Waals surface area (Å²) in [4.78, 5) is 4.07. The van der Waals surface area contributed by atoms with Crippen LogP contribution in [0, 0.1) is 0 Å². The van der Waals surface area contributed by atoms with Crippen LogP contribution in [0.4, 0.5) is 0 Å². The Morgan fingerprint density at radius 3 is 3.00 bits per heavy atom. The summed E-state index contributed by atoms with van der Waals surface area (Å²) in [5.74, 6) is 0. The summed E-state index contributed by atoms with van der Waals surface area (Å²) in [5, 5.41) is 0. The fraction of sp³-hybridized carbons (Fsp3) is 0.222. The Morgan fingerprint density at radius 1 is 1.73 bits per heavy atom. The minimum Gasteiger partial charge on any atom is -0.324 e. The number of aromatic nitrogens is 1. The Hall–Kier alpha value is -1.15. The van der Waals surface area contributed by atoms with Crippen molar-refractivity contribution < 1.29 is 0 Å². The van der Waals surface area contributed by atoms with Gasteiger partial charge in [0, 0.05) is 12.2 Å². The SMILES string of the molecule is C=Cc1cc(C(C)N)ccn1. The average molecular weight is 148 g/mol. The van der Waals surface area contributed by atoms with E-state index in [1.165, 1.54) is 0 Å². The molecule has 0 amide bonds. The Morgan fingerprint density at radius 2 is 2.45 bits per heavy atom. The molecule has 0 aromatic carbocycles. The molecule has 1 heterocycles. The first-order valence-corrected chi connectivity index (χ1v) is 3.58. The van der Waals surface area contributed by atoms with Gasteiger partial charge in [-0.3, -0.25) is 4.98 Å². The highest BCUT2D eigenvalue weighted by molar-refractivity contribution is 5.42. The van der Waals surface area contributed by atoms with E-state index in [0.717, 1.165) is 11.3 Å². The van der Waals surface area contributed by atoms with Crippen LogP contribution >= 0.6 is 0 Å². The van der Waals surface area contributed by atoms with Gasteiger partial charge in [0.05, 0.1) is 5.69 Å². The molecular weight excluding hydrogens is 136 g/mol. The van der Waals surface area contributed by atoms with Crippen LogP contribution in [-0.2, 0) is 0 Å². The lowest BCUT2D eigenvalue weighted by Crippen LogP contribution is -2.05. The van der Waals surface area contributed by atoms with Crippen molar-refractivity contribution in [3.05, 3.63) is 36.2 Å². The van der Waals surface area contributed by atoms with Gasteiger partial charge in [0.2, 0.25) is 0 Å². The van der Waals surface area contributed by atoms with Crippen molar-refractivity contribution in [1.29, 1.82) is 0 Å². The molecule has 0 aliphatic carbocycles. The van der Waals surface area contributed by atoms with Gasteiger partial charge in [-0.1, -0.05) is 6.58 Å². The third-order valence-corrected chi connectivity index (χ3v) is 1.54. The number of nitrogens with two attached hydrogens (primary N) is 1. The van der Waals surface area contributed by atoms with Gasteiger partial charge < -0.3 is 5.73 Å². The minimum absolute atomic E-state index is 0.0664. The zero-order valence-electron chi connectivity index (χ0n) is 6.62. The number of hydrogen-bond donors (Lipinski definition) is 1. The molecule has 2 nitrogen and oxygen atoms in total. The molecule has 0 saturated heterocycles. The molecule has 0 fully saturated rings. The molecule has 1 aromatic heterocycles. The van der Waals surface area contributed by atoms with Crippen molar-refractivity contribution in [2.45, 2.75) is 13.0 Å². The van der Waals surface area contributed by atoms with E-state index < -0.39 is 0 Å². The molecule has 0 saturated carbocycles. The molecule has 1 atom stereocenters. The molecule has 0 bridgehead atoms. The van der Waals surface area contributed by atoms with E-state index in [0.29, 0.717) is 0 Å². The minimum atomic E-state index is 0.0664. The van der Waals surface area contributed by atoms with Gasteiger partial charge in [0.15, 0.2) is 0 Å². The summed E-state index contributed by atoms with van der Waals surface area (Å²) in [5.41, 5.74) is 7.64. The van der Waals surface area contributed by atoms with E-state index in [1.54, 1.807) is 12.3 Å². The van der Waals surface area contributed by atoms with Crippen molar-refractivity contribution in [2.75, 3.05) is 0 Å². The average Bonchev–Trinajstić information content (AvgIpc) is 2.05. The van der Waals surface area contributed by atoms with Crippen molar-refractivity contribution in [3.63, 3.8) is 0 Å². The highest BCUT2D eigenvalue weighted by Crippen LogP contribution is 2.09. The molecule has 0 radical (unpaired) electrons. The van der Waals surface area contributed by atoms with E-state index >= 15 is 0 Å². The Balaban J connectivity index is 3.00. The van der Waals surface area contributed by atoms with Gasteiger partial charge in [0.1, 0.15) is 0 Å². The van der Waals surface area contributed by atoms with Gasteiger partial charge in [-0.25, -0.2) is 0 Å². The van der Waals surface area contributed by atoms with Crippen LogP contribution in [-0.4, -0.2) is 4.98 Å². The summed E-state index contributed by atoms with van der Waals surface area (Å²) in [7, 11) is 0. The lowest BCUT2D eigenvalue weighted by molar-refractivity contribution is 0.815. The summed E-state index contributed by atoms with van der Waals surface area (Å²) in [6.45, 7) is 5.57. The zero-order valence-corrected chi connectivity index (χ0v) is 6.62. The fourth-order valence-corrected chi connectivity index (χ4v) is 0.860. The fourth-order valence-electron chi connectivity index (χ4n) is 0.860. The highest BCUT2D eigenvalue weighted by atomic mass is 14.7. The Bertz CT molecular complexity index is 253. The second-order valence-electron chi connectivity index (χ2n) is 2.51. The summed E-state index contributed by atoms with van der Waals surface area (Å²) in [6.07, 6.45) is 3.46. The van der Waals surface area contributed by atoms with E-state index in [2.05, 4.69) is 11.6 Å². The lowest BCUT2D eigenvalue weighted by atomic mass is 10.1. The van der Waals surface area contributed by atoms with E-state index in [9.17, 15) is 0 Å². The third-order valence-electron chi connectivity index (χ3n) is 1.54. The number of pyridine rings is 1. The van der Waals surface area contributed by atoms with Gasteiger partial charge in [0.25, 0.3) is 0 Å². The standard InChI is InChI=1S/C9H12N2/c1-3-9-6-8(7(2)10)4-5-11-9/h3-7H,1,10H2,2H3. The maximum atomic E-state index is 5.68. The lowest BCUT2D eigenvalue weighted by Gasteiger charge is -2.04. The first-order valence-electron chi connectivity index (χ1n) is 3.58. The smallest absolute Gasteiger partial charge is 0.0627 e. The summed E-state index contributed by atoms with van der Waals surface area (Å²) < 4.78 is 0. The molecule has 2 heteroatoms. The van der Waals surface area contributed by atoms with Crippen LogP contribution in [0.2, 0.25) is 0 Å². The van der Waals surface area contributed by atoms with E-state index in [4.69, 9.17) is 5.73 Å². The molecule has 58 valence electrons. The number of nitrogens with zero attached hydrogens (tertiary/aromatic N) is 1. The Kier molecular flexibility index (Phi) is 2.39. The second-order valence-corrected chi connectivity index (χ2v) is 2.51. The summed E-state index contributed by atoms with van der Waals surface area (Å²) >= 11 is 0. The van der Waals surface area contributed by atoms with Gasteiger partial charge in [-0.05, 0) is 30.7 Å². The maximum absolute atomic E-state index is 5.68. The molecule has 1 unspecified atom stereocenters. The molecular formula is C9H12N2. The first kappa shape index (κ1) is 7.95. The van der Waals surface area contributed by atoms with Crippen molar-refractivity contribution >= 4 is 6.08 Å². The van der Waals surface area contributed by atoms with Crippen LogP contribution in [0.5, 0.6) is 0 Å². The topological polar surface area (TPSA) is 38.9 Å². The van der Waals surface area contributed by atoms with Crippen molar-refractivity contribution in [3.8, 4) is 0 Å². The molecule has 2 N–H and O–H groups in total. The molecule has 0 spiro atoms. The van der Waals surface area contributed by atoms with E-state index in [-0.39, 0.29) is 6.04 Å². The van der Waals surface area contributed by atoms with Crippen LogP contribution in [0.3, 0.4) is 0 Å². The van der Waals surface area contributed by atoms with Gasteiger partial charge in [-0.2, -0.15) is 0 Å². The van der Waals surface area contributed by atoms with Gasteiger partial charge in [-0.15, -0.1) is 0 Å². The van der Waals surface area contributed by atoms with Crippen LogP contribution in [0.1, 0.15) is 24.2 Å². The molecule has 1 rings (SSSR count). The summed E-state index contributed by atoms with van der Waals surface area (Å²) in [6, 6.07) is 3.92. The Labute approximate surface area is 66.8 Å². The molecule has 0 aliphatic rings.